The third kappa shape index (κ3) is 3.09. The summed E-state index contributed by atoms with van der Waals surface area (Å²) in [5.74, 6) is -0.156. The van der Waals surface area contributed by atoms with Gasteiger partial charge in [-0.05, 0) is 26.0 Å². The molecule has 19 heavy (non-hydrogen) atoms. The Hall–Kier alpha value is -2.37. The molecule has 0 fully saturated rings. The molecule has 0 saturated carbocycles. The number of carbonyl (C=O) groups excluding carboxylic acids is 1. The van der Waals surface area contributed by atoms with Crippen molar-refractivity contribution in [3.63, 3.8) is 0 Å². The zero-order chi connectivity index (χ0) is 13.8. The van der Waals surface area contributed by atoms with Crippen LogP contribution < -0.4 is 11.0 Å². The van der Waals surface area contributed by atoms with Crippen LogP contribution >= 0.6 is 0 Å². The molecule has 0 unspecified atom stereocenters. The number of rotatable bonds is 4. The average molecular weight is 260 g/mol. The Morgan fingerprint density at radius 1 is 1.42 bits per heavy atom. The van der Waals surface area contributed by atoms with Crippen LogP contribution in [-0.4, -0.2) is 26.6 Å². The van der Waals surface area contributed by atoms with E-state index in [1.807, 2.05) is 19.9 Å². The second-order valence-corrected chi connectivity index (χ2v) is 4.45. The van der Waals surface area contributed by atoms with Crippen molar-refractivity contribution in [2.24, 2.45) is 0 Å². The van der Waals surface area contributed by atoms with E-state index in [-0.39, 0.29) is 11.6 Å². The Morgan fingerprint density at radius 2 is 2.21 bits per heavy atom. The zero-order valence-corrected chi connectivity index (χ0v) is 11.0. The molecule has 0 bridgehead atoms. The molecule has 0 aromatic carbocycles. The number of carbonyl (C=O) groups is 1. The predicted molar refractivity (Wildman–Crippen MR) is 71.9 cm³/mol. The highest BCUT2D eigenvalue weighted by molar-refractivity contribution is 5.87. The third-order valence-electron chi connectivity index (χ3n) is 2.53. The Bertz CT molecular complexity index is 677. The molecule has 0 aliphatic heterocycles. The van der Waals surface area contributed by atoms with Crippen LogP contribution in [-0.2, 0) is 11.3 Å². The highest BCUT2D eigenvalue weighted by atomic mass is 16.2. The summed E-state index contributed by atoms with van der Waals surface area (Å²) in [7, 11) is 0. The van der Waals surface area contributed by atoms with Crippen molar-refractivity contribution in [1.82, 2.24) is 19.5 Å². The van der Waals surface area contributed by atoms with Gasteiger partial charge in [-0.2, -0.15) is 0 Å². The van der Waals surface area contributed by atoms with Gasteiger partial charge in [0.1, 0.15) is 0 Å². The van der Waals surface area contributed by atoms with Crippen LogP contribution in [0.5, 0.6) is 0 Å². The summed E-state index contributed by atoms with van der Waals surface area (Å²) in [5.41, 5.74) is 1.33. The van der Waals surface area contributed by atoms with E-state index < -0.39 is 0 Å². The summed E-state index contributed by atoms with van der Waals surface area (Å²) in [4.78, 5) is 23.3. The Labute approximate surface area is 110 Å². The molecule has 0 aliphatic rings. The largest absolute Gasteiger partial charge is 0.351 e. The molecule has 0 atom stereocenters. The SMILES string of the molecule is CC(C)=CC(=O)NCCn1nc2ccccn2c1=O. The third-order valence-corrected chi connectivity index (χ3v) is 2.53. The first kappa shape index (κ1) is 13.1. The summed E-state index contributed by atoms with van der Waals surface area (Å²) >= 11 is 0. The van der Waals surface area contributed by atoms with Gasteiger partial charge in [-0.1, -0.05) is 11.6 Å². The summed E-state index contributed by atoms with van der Waals surface area (Å²) in [6.07, 6.45) is 3.19. The molecule has 100 valence electrons. The highest BCUT2D eigenvalue weighted by Gasteiger charge is 2.05. The van der Waals surface area contributed by atoms with Gasteiger partial charge in [0, 0.05) is 18.8 Å². The molecule has 0 aliphatic carbocycles. The molecule has 0 spiro atoms. The summed E-state index contributed by atoms with van der Waals surface area (Å²) in [6, 6.07) is 5.36. The van der Waals surface area contributed by atoms with Crippen molar-refractivity contribution < 1.29 is 4.79 Å². The number of aromatic nitrogens is 3. The first-order valence-electron chi connectivity index (χ1n) is 6.05. The van der Waals surface area contributed by atoms with Gasteiger partial charge in [0.2, 0.25) is 5.91 Å². The van der Waals surface area contributed by atoms with Crippen LogP contribution in [0.4, 0.5) is 0 Å². The molecule has 2 heterocycles. The minimum absolute atomic E-state index is 0.156. The lowest BCUT2D eigenvalue weighted by molar-refractivity contribution is -0.116. The van der Waals surface area contributed by atoms with Crippen molar-refractivity contribution in [3.8, 4) is 0 Å². The number of nitrogens with zero attached hydrogens (tertiary/aromatic N) is 3. The summed E-state index contributed by atoms with van der Waals surface area (Å²) in [6.45, 7) is 4.42. The van der Waals surface area contributed by atoms with Gasteiger partial charge in [-0.3, -0.25) is 9.20 Å². The Morgan fingerprint density at radius 3 is 2.89 bits per heavy atom. The molecule has 1 amide bonds. The molecule has 2 rings (SSSR count). The molecule has 0 radical (unpaired) electrons. The number of allylic oxidation sites excluding steroid dienone is 1. The minimum atomic E-state index is -0.202. The maximum absolute atomic E-state index is 11.9. The van der Waals surface area contributed by atoms with E-state index in [2.05, 4.69) is 10.4 Å². The first-order valence-corrected chi connectivity index (χ1v) is 6.05. The summed E-state index contributed by atoms with van der Waals surface area (Å²) in [5, 5.41) is 6.88. The smallest absolute Gasteiger partial charge is 0.350 e. The van der Waals surface area contributed by atoms with Crippen molar-refractivity contribution in [2.75, 3.05) is 6.54 Å². The number of fused-ring (bicyclic) bond motifs is 1. The minimum Gasteiger partial charge on any atom is -0.351 e. The van der Waals surface area contributed by atoms with Crippen LogP contribution in [0.25, 0.3) is 5.65 Å². The highest BCUT2D eigenvalue weighted by Crippen LogP contribution is 1.94. The number of hydrogen-bond donors (Lipinski definition) is 1. The van der Waals surface area contributed by atoms with E-state index in [1.165, 1.54) is 15.2 Å². The molecule has 6 heteroatoms. The fourth-order valence-corrected chi connectivity index (χ4v) is 1.71. The zero-order valence-electron chi connectivity index (χ0n) is 11.0. The Kier molecular flexibility index (Phi) is 3.79. The van der Waals surface area contributed by atoms with Crippen molar-refractivity contribution in [3.05, 3.63) is 46.5 Å². The lowest BCUT2D eigenvalue weighted by atomic mass is 10.3. The van der Waals surface area contributed by atoms with Crippen LogP contribution in [0.3, 0.4) is 0 Å². The van der Waals surface area contributed by atoms with E-state index in [0.717, 1.165) is 5.57 Å². The van der Waals surface area contributed by atoms with E-state index in [0.29, 0.717) is 18.7 Å². The number of hydrogen-bond acceptors (Lipinski definition) is 3. The normalized spacial score (nSPS) is 10.4. The van der Waals surface area contributed by atoms with Gasteiger partial charge < -0.3 is 5.32 Å². The molecule has 1 N–H and O–H groups in total. The summed E-state index contributed by atoms with van der Waals surface area (Å²) < 4.78 is 2.82. The van der Waals surface area contributed by atoms with E-state index in [9.17, 15) is 9.59 Å². The monoisotopic (exact) mass is 260 g/mol. The lowest BCUT2D eigenvalue weighted by Crippen LogP contribution is -2.30. The number of pyridine rings is 1. The molecular weight excluding hydrogens is 244 g/mol. The topological polar surface area (TPSA) is 68.4 Å². The van der Waals surface area contributed by atoms with Crippen molar-refractivity contribution >= 4 is 11.6 Å². The Balaban J connectivity index is 2.03. The van der Waals surface area contributed by atoms with Crippen LogP contribution in [0.15, 0.2) is 40.8 Å². The van der Waals surface area contributed by atoms with Crippen molar-refractivity contribution in [1.29, 1.82) is 0 Å². The van der Waals surface area contributed by atoms with Gasteiger partial charge in [0.05, 0.1) is 6.54 Å². The molecular formula is C13H16N4O2. The molecule has 0 saturated heterocycles. The van der Waals surface area contributed by atoms with Gasteiger partial charge in [0.15, 0.2) is 5.65 Å². The van der Waals surface area contributed by atoms with Crippen LogP contribution in [0.1, 0.15) is 13.8 Å². The van der Waals surface area contributed by atoms with Crippen LogP contribution in [0, 0.1) is 0 Å². The van der Waals surface area contributed by atoms with Gasteiger partial charge >= 0.3 is 5.69 Å². The van der Waals surface area contributed by atoms with Gasteiger partial charge in [-0.25, -0.2) is 9.48 Å². The molecule has 2 aromatic rings. The fraction of sp³-hybridized carbons (Fsp3) is 0.308. The second-order valence-electron chi connectivity index (χ2n) is 4.45. The van der Waals surface area contributed by atoms with E-state index in [1.54, 1.807) is 18.3 Å². The maximum atomic E-state index is 11.9. The van der Waals surface area contributed by atoms with Gasteiger partial charge in [-0.15, -0.1) is 5.10 Å². The second kappa shape index (κ2) is 5.51. The lowest BCUT2D eigenvalue weighted by Gasteiger charge is -2.01. The van der Waals surface area contributed by atoms with Crippen molar-refractivity contribution in [2.45, 2.75) is 20.4 Å². The quantitative estimate of drug-likeness (QED) is 0.817. The maximum Gasteiger partial charge on any atom is 0.350 e. The van der Waals surface area contributed by atoms with E-state index in [4.69, 9.17) is 0 Å². The standard InChI is InChI=1S/C13H16N4O2/c1-10(2)9-12(18)14-6-8-17-13(19)16-7-4-3-5-11(16)15-17/h3-5,7,9H,6,8H2,1-2H3,(H,14,18). The van der Waals surface area contributed by atoms with E-state index >= 15 is 0 Å². The average Bonchev–Trinajstić information content (AvgIpc) is 2.66. The molecule has 2 aromatic heterocycles. The number of amides is 1. The predicted octanol–water partition coefficient (Wildman–Crippen LogP) is 0.578. The first-order chi connectivity index (χ1) is 9.08. The molecule has 6 nitrogen and oxygen atoms in total. The van der Waals surface area contributed by atoms with Crippen LogP contribution in [0.2, 0.25) is 0 Å². The fourth-order valence-electron chi connectivity index (χ4n) is 1.71. The van der Waals surface area contributed by atoms with Gasteiger partial charge in [0.25, 0.3) is 0 Å². The number of nitrogens with one attached hydrogen (secondary N) is 1.